The molecule has 0 spiro atoms. The molecule has 2 aromatic rings. The molecule has 1 saturated heterocycles. The summed E-state index contributed by atoms with van der Waals surface area (Å²) in [7, 11) is 3.18. The topological polar surface area (TPSA) is 84.7 Å². The van der Waals surface area contributed by atoms with E-state index in [1.165, 1.54) is 18.7 Å². The fourth-order valence-electron chi connectivity index (χ4n) is 3.73. The lowest BCUT2D eigenvalue weighted by atomic mass is 9.90. The smallest absolute Gasteiger partial charge is 0.293 e. The molecule has 1 N–H and O–H groups in total. The molecular weight excluding hydrogens is 358 g/mol. The highest BCUT2D eigenvalue weighted by Gasteiger charge is 2.26. The van der Waals surface area contributed by atoms with E-state index in [1.54, 1.807) is 19.2 Å². The number of rotatable bonds is 6. The highest BCUT2D eigenvalue weighted by Crippen LogP contribution is 2.33. The Labute approximate surface area is 164 Å². The summed E-state index contributed by atoms with van der Waals surface area (Å²) in [6.45, 7) is 1.52. The van der Waals surface area contributed by atoms with Crippen LogP contribution in [0, 0.1) is 16.0 Å². The van der Waals surface area contributed by atoms with Crippen LogP contribution in [0.15, 0.2) is 42.5 Å². The number of hydrogen-bond acceptors (Lipinski definition) is 5. The van der Waals surface area contributed by atoms with Gasteiger partial charge in [0.05, 0.1) is 12.0 Å². The van der Waals surface area contributed by atoms with Crippen molar-refractivity contribution in [3.63, 3.8) is 0 Å². The number of carbonyl (C=O) groups is 1. The lowest BCUT2D eigenvalue weighted by Gasteiger charge is -2.33. The number of piperidine rings is 1. The van der Waals surface area contributed by atoms with Crippen LogP contribution in [-0.2, 0) is 6.42 Å². The predicted molar refractivity (Wildman–Crippen MR) is 108 cm³/mol. The van der Waals surface area contributed by atoms with Crippen LogP contribution in [0.1, 0.15) is 28.8 Å². The van der Waals surface area contributed by atoms with Gasteiger partial charge in [-0.3, -0.25) is 14.9 Å². The molecule has 0 saturated carbocycles. The minimum absolute atomic E-state index is 0.0210. The molecule has 1 heterocycles. The van der Waals surface area contributed by atoms with Crippen molar-refractivity contribution in [3.05, 3.63) is 63.7 Å². The van der Waals surface area contributed by atoms with Gasteiger partial charge in [-0.15, -0.1) is 0 Å². The van der Waals surface area contributed by atoms with E-state index in [0.717, 1.165) is 38.1 Å². The van der Waals surface area contributed by atoms with Crippen LogP contribution in [0.25, 0.3) is 0 Å². The summed E-state index contributed by atoms with van der Waals surface area (Å²) in [5.74, 6) is 1.07. The number of anilines is 1. The van der Waals surface area contributed by atoms with E-state index in [0.29, 0.717) is 17.2 Å². The van der Waals surface area contributed by atoms with E-state index in [9.17, 15) is 14.9 Å². The molecule has 3 rings (SSSR count). The van der Waals surface area contributed by atoms with Crippen molar-refractivity contribution < 1.29 is 14.5 Å². The Morgan fingerprint density at radius 2 is 2.00 bits per heavy atom. The van der Waals surface area contributed by atoms with E-state index in [4.69, 9.17) is 4.74 Å². The summed E-state index contributed by atoms with van der Waals surface area (Å²) in [6.07, 6.45) is 2.90. The van der Waals surface area contributed by atoms with Gasteiger partial charge in [0.2, 0.25) is 0 Å². The van der Waals surface area contributed by atoms with E-state index in [1.807, 2.05) is 17.0 Å². The zero-order valence-electron chi connectivity index (χ0n) is 16.2. The van der Waals surface area contributed by atoms with Gasteiger partial charge in [-0.05, 0) is 55.0 Å². The number of methoxy groups -OCH3 is 1. The summed E-state index contributed by atoms with van der Waals surface area (Å²) >= 11 is 0. The van der Waals surface area contributed by atoms with Crippen molar-refractivity contribution in [2.45, 2.75) is 19.3 Å². The zero-order valence-corrected chi connectivity index (χ0v) is 16.2. The summed E-state index contributed by atoms with van der Waals surface area (Å²) in [4.78, 5) is 24.9. The molecule has 0 aromatic heterocycles. The second-order valence-electron chi connectivity index (χ2n) is 7.03. The standard InChI is InChI=1S/C21H25N3O4/c1-22-21(25)17-6-7-19(20(14-17)24(26)27)23-10-8-15(9-11-23)12-16-4-3-5-18(13-16)28-2/h3-7,13-15H,8-12H2,1-2H3,(H,22,25). The monoisotopic (exact) mass is 383 g/mol. The Kier molecular flexibility index (Phi) is 6.13. The molecule has 0 atom stereocenters. The Bertz CT molecular complexity index is 860. The van der Waals surface area contributed by atoms with Gasteiger partial charge in [-0.25, -0.2) is 0 Å². The summed E-state index contributed by atoms with van der Waals surface area (Å²) in [6, 6.07) is 12.8. The van der Waals surface area contributed by atoms with Gasteiger partial charge >= 0.3 is 0 Å². The Balaban J connectivity index is 1.68. The number of amides is 1. The number of nitro benzene ring substituents is 1. The molecule has 1 fully saturated rings. The maximum absolute atomic E-state index is 11.8. The van der Waals surface area contributed by atoms with Crippen LogP contribution in [0.4, 0.5) is 11.4 Å². The average Bonchev–Trinajstić information content (AvgIpc) is 2.73. The maximum atomic E-state index is 11.8. The molecule has 0 radical (unpaired) electrons. The highest BCUT2D eigenvalue weighted by molar-refractivity contribution is 5.95. The first-order valence-electron chi connectivity index (χ1n) is 9.40. The lowest BCUT2D eigenvalue weighted by molar-refractivity contribution is -0.384. The van der Waals surface area contributed by atoms with Gasteiger partial charge in [0, 0.05) is 31.8 Å². The number of benzene rings is 2. The van der Waals surface area contributed by atoms with Crippen molar-refractivity contribution in [1.82, 2.24) is 5.32 Å². The third-order valence-electron chi connectivity index (χ3n) is 5.28. The normalized spacial score (nSPS) is 14.6. The van der Waals surface area contributed by atoms with E-state index in [-0.39, 0.29) is 11.6 Å². The van der Waals surface area contributed by atoms with E-state index < -0.39 is 4.92 Å². The van der Waals surface area contributed by atoms with Gasteiger partial charge in [-0.1, -0.05) is 12.1 Å². The van der Waals surface area contributed by atoms with Gasteiger partial charge < -0.3 is 15.0 Å². The van der Waals surface area contributed by atoms with Crippen molar-refractivity contribution in [2.24, 2.45) is 5.92 Å². The number of ether oxygens (including phenoxy) is 1. The average molecular weight is 383 g/mol. The molecule has 0 bridgehead atoms. The zero-order chi connectivity index (χ0) is 20.1. The third kappa shape index (κ3) is 4.42. The fourth-order valence-corrected chi connectivity index (χ4v) is 3.73. The van der Waals surface area contributed by atoms with E-state index >= 15 is 0 Å². The molecular formula is C21H25N3O4. The summed E-state index contributed by atoms with van der Waals surface area (Å²) in [5, 5.41) is 14.0. The minimum atomic E-state index is -0.413. The first kappa shape index (κ1) is 19.7. The number of hydrogen-bond donors (Lipinski definition) is 1. The number of carbonyl (C=O) groups excluding carboxylic acids is 1. The highest BCUT2D eigenvalue weighted by atomic mass is 16.6. The van der Waals surface area contributed by atoms with Crippen LogP contribution in [0.3, 0.4) is 0 Å². The van der Waals surface area contributed by atoms with Gasteiger partial charge in [0.25, 0.3) is 11.6 Å². The molecule has 0 unspecified atom stereocenters. The molecule has 0 aliphatic carbocycles. The Morgan fingerprint density at radius 1 is 1.25 bits per heavy atom. The van der Waals surface area contributed by atoms with Gasteiger partial charge in [-0.2, -0.15) is 0 Å². The second kappa shape index (κ2) is 8.73. The molecule has 1 aliphatic rings. The van der Waals surface area contributed by atoms with Crippen molar-refractivity contribution in [2.75, 3.05) is 32.1 Å². The molecule has 28 heavy (non-hydrogen) atoms. The number of nitrogens with zero attached hydrogens (tertiary/aromatic N) is 2. The van der Waals surface area contributed by atoms with Crippen LogP contribution < -0.4 is 15.0 Å². The second-order valence-corrected chi connectivity index (χ2v) is 7.03. The van der Waals surface area contributed by atoms with Crippen LogP contribution in [-0.4, -0.2) is 38.1 Å². The number of nitro groups is 1. The summed E-state index contributed by atoms with van der Waals surface area (Å²) in [5.41, 5.74) is 2.11. The SMILES string of the molecule is CNC(=O)c1ccc(N2CCC(Cc3cccc(OC)c3)CC2)c([N+](=O)[O-])c1. The molecule has 7 nitrogen and oxygen atoms in total. The Morgan fingerprint density at radius 3 is 2.64 bits per heavy atom. The van der Waals surface area contributed by atoms with Crippen LogP contribution in [0.5, 0.6) is 5.75 Å². The fraction of sp³-hybridized carbons (Fsp3) is 0.381. The largest absolute Gasteiger partial charge is 0.497 e. The molecule has 1 aliphatic heterocycles. The number of nitrogens with one attached hydrogen (secondary N) is 1. The van der Waals surface area contributed by atoms with Crippen molar-refractivity contribution in [3.8, 4) is 5.75 Å². The molecule has 148 valence electrons. The van der Waals surface area contributed by atoms with Crippen LogP contribution >= 0.6 is 0 Å². The van der Waals surface area contributed by atoms with Gasteiger partial charge in [0.15, 0.2) is 0 Å². The quantitative estimate of drug-likeness (QED) is 0.610. The lowest BCUT2D eigenvalue weighted by Crippen LogP contribution is -2.34. The Hall–Kier alpha value is -3.09. The van der Waals surface area contributed by atoms with Gasteiger partial charge in [0.1, 0.15) is 11.4 Å². The molecule has 1 amide bonds. The molecule has 7 heteroatoms. The maximum Gasteiger partial charge on any atom is 0.293 e. The third-order valence-corrected chi connectivity index (χ3v) is 5.28. The van der Waals surface area contributed by atoms with Crippen molar-refractivity contribution >= 4 is 17.3 Å². The first-order chi connectivity index (χ1) is 13.5. The summed E-state index contributed by atoms with van der Waals surface area (Å²) < 4.78 is 5.29. The minimum Gasteiger partial charge on any atom is -0.497 e. The van der Waals surface area contributed by atoms with E-state index in [2.05, 4.69) is 17.4 Å². The molecule has 2 aromatic carbocycles. The van der Waals surface area contributed by atoms with Crippen molar-refractivity contribution in [1.29, 1.82) is 0 Å². The predicted octanol–water partition coefficient (Wildman–Crippen LogP) is 3.42. The first-order valence-corrected chi connectivity index (χ1v) is 9.40. The van der Waals surface area contributed by atoms with Crippen LogP contribution in [0.2, 0.25) is 0 Å².